The number of rotatable bonds is 3. The molecular formula is C22H32N4O3. The zero-order valence-electron chi connectivity index (χ0n) is 17.8. The lowest BCUT2D eigenvalue weighted by molar-refractivity contribution is -0.0260. The van der Waals surface area contributed by atoms with Crippen LogP contribution in [0.4, 0.5) is 10.7 Å². The molecule has 4 heterocycles. The molecule has 3 saturated heterocycles. The van der Waals surface area contributed by atoms with Crippen molar-refractivity contribution in [2.45, 2.75) is 83.4 Å². The highest BCUT2D eigenvalue weighted by Crippen LogP contribution is 2.39. The Morgan fingerprint density at radius 2 is 1.59 bits per heavy atom. The number of carbonyl (C=O) groups excluding carboxylic acids is 2. The number of nitrogens with zero attached hydrogens (tertiary/aromatic N) is 4. The van der Waals surface area contributed by atoms with Gasteiger partial charge in [0.15, 0.2) is 5.78 Å². The number of piperidine rings is 2. The average molecular weight is 401 g/mol. The molecule has 0 spiro atoms. The number of ether oxygens (including phenoxy) is 1. The van der Waals surface area contributed by atoms with Crippen molar-refractivity contribution >= 4 is 17.8 Å². The number of Topliss-reactive ketones (excluding diaryl/α,β-unsaturated/α-hetero) is 1. The molecule has 1 aromatic heterocycles. The molecular weight excluding hydrogens is 368 g/mol. The lowest BCUT2D eigenvalue weighted by Gasteiger charge is -2.48. The molecule has 1 amide bonds. The number of amides is 1. The van der Waals surface area contributed by atoms with Crippen molar-refractivity contribution in [3.8, 4) is 0 Å². The molecule has 3 aliphatic heterocycles. The van der Waals surface area contributed by atoms with E-state index in [0.29, 0.717) is 18.4 Å². The summed E-state index contributed by atoms with van der Waals surface area (Å²) in [7, 11) is 0. The van der Waals surface area contributed by atoms with Gasteiger partial charge < -0.3 is 14.5 Å². The minimum Gasteiger partial charge on any atom is -0.444 e. The third-order valence-corrected chi connectivity index (χ3v) is 6.26. The molecule has 1 aromatic rings. The van der Waals surface area contributed by atoms with Crippen LogP contribution in [0.1, 0.15) is 76.1 Å². The number of fused-ring (bicyclic) bond motifs is 2. The largest absolute Gasteiger partial charge is 0.444 e. The van der Waals surface area contributed by atoms with Crippen LogP contribution in [0.25, 0.3) is 0 Å². The number of hydrogen-bond donors (Lipinski definition) is 0. The third kappa shape index (κ3) is 4.38. The summed E-state index contributed by atoms with van der Waals surface area (Å²) in [5.41, 5.74) is 0.0775. The summed E-state index contributed by atoms with van der Waals surface area (Å²) >= 11 is 0. The molecule has 2 atom stereocenters. The molecule has 3 aliphatic rings. The predicted octanol–water partition coefficient (Wildman–Crippen LogP) is 3.83. The van der Waals surface area contributed by atoms with E-state index >= 15 is 0 Å². The highest BCUT2D eigenvalue weighted by Gasteiger charge is 2.44. The SMILES string of the molecule is CC(C)(C)OC(=O)N1C2CCCC1CC(C(=O)c1cnc(N3CCCC3)nc1)C2. The number of carbonyl (C=O) groups is 2. The van der Waals surface area contributed by atoms with Gasteiger partial charge in [-0.05, 0) is 65.7 Å². The maximum Gasteiger partial charge on any atom is 0.410 e. The van der Waals surface area contributed by atoms with E-state index in [1.165, 1.54) is 12.8 Å². The molecule has 0 N–H and O–H groups in total. The van der Waals surface area contributed by atoms with Gasteiger partial charge in [0.2, 0.25) is 5.95 Å². The lowest BCUT2D eigenvalue weighted by atomic mass is 9.76. The molecule has 2 unspecified atom stereocenters. The van der Waals surface area contributed by atoms with E-state index in [9.17, 15) is 9.59 Å². The van der Waals surface area contributed by atoms with E-state index in [2.05, 4.69) is 14.9 Å². The van der Waals surface area contributed by atoms with Crippen molar-refractivity contribution in [1.82, 2.24) is 14.9 Å². The van der Waals surface area contributed by atoms with Crippen molar-refractivity contribution < 1.29 is 14.3 Å². The first kappa shape index (κ1) is 20.1. The van der Waals surface area contributed by atoms with Crippen LogP contribution in [-0.2, 0) is 4.74 Å². The van der Waals surface area contributed by atoms with Crippen LogP contribution in [0.3, 0.4) is 0 Å². The normalized spacial score (nSPS) is 27.1. The lowest BCUT2D eigenvalue weighted by Crippen LogP contribution is -2.56. The summed E-state index contributed by atoms with van der Waals surface area (Å²) in [5, 5.41) is 0. The second-order valence-corrected chi connectivity index (χ2v) is 9.62. The van der Waals surface area contributed by atoms with Crippen molar-refractivity contribution in [2.24, 2.45) is 5.92 Å². The summed E-state index contributed by atoms with van der Waals surface area (Å²) < 4.78 is 5.63. The molecule has 2 bridgehead atoms. The third-order valence-electron chi connectivity index (χ3n) is 6.26. The fourth-order valence-electron chi connectivity index (χ4n) is 4.97. The topological polar surface area (TPSA) is 75.6 Å². The van der Waals surface area contributed by atoms with E-state index in [-0.39, 0.29) is 29.9 Å². The predicted molar refractivity (Wildman–Crippen MR) is 110 cm³/mol. The minimum atomic E-state index is -0.507. The molecule has 0 aromatic carbocycles. The van der Waals surface area contributed by atoms with Crippen molar-refractivity contribution in [3.63, 3.8) is 0 Å². The van der Waals surface area contributed by atoms with Crippen molar-refractivity contribution in [3.05, 3.63) is 18.0 Å². The number of aromatic nitrogens is 2. The zero-order valence-corrected chi connectivity index (χ0v) is 17.8. The first-order valence-corrected chi connectivity index (χ1v) is 10.9. The first-order valence-electron chi connectivity index (χ1n) is 10.9. The van der Waals surface area contributed by atoms with Gasteiger partial charge in [0, 0.05) is 43.5 Å². The number of hydrogen-bond acceptors (Lipinski definition) is 6. The molecule has 0 saturated carbocycles. The Morgan fingerprint density at radius 1 is 1.00 bits per heavy atom. The van der Waals surface area contributed by atoms with Crippen LogP contribution >= 0.6 is 0 Å². The summed E-state index contributed by atoms with van der Waals surface area (Å²) in [6.07, 6.45) is 9.82. The smallest absolute Gasteiger partial charge is 0.410 e. The van der Waals surface area contributed by atoms with Crippen LogP contribution in [-0.4, -0.2) is 57.5 Å². The van der Waals surface area contributed by atoms with Gasteiger partial charge in [-0.2, -0.15) is 0 Å². The van der Waals surface area contributed by atoms with Gasteiger partial charge in [0.1, 0.15) is 5.60 Å². The second kappa shape index (κ2) is 7.92. The van der Waals surface area contributed by atoms with Crippen LogP contribution in [0.2, 0.25) is 0 Å². The monoisotopic (exact) mass is 400 g/mol. The fourth-order valence-corrected chi connectivity index (χ4v) is 4.97. The van der Waals surface area contributed by atoms with Gasteiger partial charge in [0.25, 0.3) is 0 Å². The number of ketones is 1. The molecule has 7 nitrogen and oxygen atoms in total. The quantitative estimate of drug-likeness (QED) is 0.718. The zero-order chi connectivity index (χ0) is 20.6. The highest BCUT2D eigenvalue weighted by atomic mass is 16.6. The van der Waals surface area contributed by atoms with E-state index in [4.69, 9.17) is 4.74 Å². The standard InChI is InChI=1S/C22H32N4O3/c1-22(2,3)29-21(28)26-17-7-6-8-18(26)12-15(11-17)19(27)16-13-23-20(24-14-16)25-9-4-5-10-25/h13-15,17-18H,4-12H2,1-3H3. The van der Waals surface area contributed by atoms with Gasteiger partial charge in [0.05, 0.1) is 5.56 Å². The Bertz CT molecular complexity index is 738. The van der Waals surface area contributed by atoms with E-state index in [0.717, 1.165) is 38.3 Å². The minimum absolute atomic E-state index is 0.0785. The van der Waals surface area contributed by atoms with Crippen molar-refractivity contribution in [1.29, 1.82) is 0 Å². The van der Waals surface area contributed by atoms with Gasteiger partial charge in [-0.1, -0.05) is 0 Å². The van der Waals surface area contributed by atoms with E-state index < -0.39 is 5.60 Å². The Labute approximate surface area is 172 Å². The van der Waals surface area contributed by atoms with E-state index in [1.807, 2.05) is 25.7 Å². The van der Waals surface area contributed by atoms with Crippen LogP contribution in [0.5, 0.6) is 0 Å². The molecule has 4 rings (SSSR count). The van der Waals surface area contributed by atoms with Crippen molar-refractivity contribution in [2.75, 3.05) is 18.0 Å². The Morgan fingerprint density at radius 3 is 2.14 bits per heavy atom. The summed E-state index contributed by atoms with van der Waals surface area (Å²) in [4.78, 5) is 38.8. The van der Waals surface area contributed by atoms with E-state index in [1.54, 1.807) is 12.4 Å². The maximum atomic E-state index is 13.1. The molecule has 29 heavy (non-hydrogen) atoms. The van der Waals surface area contributed by atoms with Gasteiger partial charge in [-0.25, -0.2) is 14.8 Å². The fraction of sp³-hybridized carbons (Fsp3) is 0.727. The van der Waals surface area contributed by atoms with Crippen LogP contribution < -0.4 is 4.90 Å². The van der Waals surface area contributed by atoms with Crippen LogP contribution in [0.15, 0.2) is 12.4 Å². The second-order valence-electron chi connectivity index (χ2n) is 9.62. The van der Waals surface area contributed by atoms with Gasteiger partial charge >= 0.3 is 6.09 Å². The Balaban J connectivity index is 1.44. The Hall–Kier alpha value is -2.18. The first-order chi connectivity index (χ1) is 13.8. The van der Waals surface area contributed by atoms with Gasteiger partial charge in [-0.15, -0.1) is 0 Å². The number of anilines is 1. The molecule has 0 aliphatic carbocycles. The molecule has 158 valence electrons. The molecule has 3 fully saturated rings. The molecule has 7 heteroatoms. The average Bonchev–Trinajstić information content (AvgIpc) is 3.20. The van der Waals surface area contributed by atoms with Crippen LogP contribution in [0, 0.1) is 5.92 Å². The Kier molecular flexibility index (Phi) is 5.49. The summed E-state index contributed by atoms with van der Waals surface area (Å²) in [5.74, 6) is 0.750. The van der Waals surface area contributed by atoms with Gasteiger partial charge in [-0.3, -0.25) is 4.79 Å². The highest BCUT2D eigenvalue weighted by molar-refractivity contribution is 5.97. The summed E-state index contributed by atoms with van der Waals surface area (Å²) in [6, 6.07) is 0.159. The summed E-state index contributed by atoms with van der Waals surface area (Å²) in [6.45, 7) is 7.65. The maximum absolute atomic E-state index is 13.1. The molecule has 0 radical (unpaired) electrons.